The second-order valence-corrected chi connectivity index (χ2v) is 16.6. The van der Waals surface area contributed by atoms with Gasteiger partial charge < -0.3 is 0 Å². The minimum atomic E-state index is -0.598. The molecular weight excluding hydrogens is 733 g/mol. The van der Waals surface area contributed by atoms with Crippen molar-refractivity contribution in [2.24, 2.45) is 0 Å². The number of rotatable bonds is 4. The molecule has 0 saturated heterocycles. The molecule has 0 atom stereocenters. The molecule has 0 heterocycles. The van der Waals surface area contributed by atoms with Crippen LogP contribution in [0.25, 0.3) is 98.0 Å². The van der Waals surface area contributed by atoms with Gasteiger partial charge in [-0.3, -0.25) is 0 Å². The maximum atomic E-state index is 2.58. The summed E-state index contributed by atoms with van der Waals surface area (Å²) in [5.74, 6) is 0. The van der Waals surface area contributed by atoms with Crippen molar-refractivity contribution in [2.75, 3.05) is 0 Å². The lowest BCUT2D eigenvalue weighted by atomic mass is 9.65. The molecule has 0 unspecified atom stereocenters. The summed E-state index contributed by atoms with van der Waals surface area (Å²) in [6.07, 6.45) is 0. The highest BCUT2D eigenvalue weighted by Crippen LogP contribution is 2.63. The highest BCUT2D eigenvalue weighted by Gasteiger charge is 2.49. The molecule has 12 aromatic rings. The Morgan fingerprint density at radius 2 is 0.639 bits per heavy atom. The van der Waals surface area contributed by atoms with Crippen LogP contribution in [0.5, 0.6) is 0 Å². The van der Waals surface area contributed by atoms with Gasteiger partial charge in [0.15, 0.2) is 0 Å². The lowest BCUT2D eigenvalue weighted by molar-refractivity contribution is 0.783. The standard InChI is InChI=1S/C61H38/c1-3-21-42(22-4-1)61(43-23-5-2-6-24-43)59-52-33-17-11-27-46(52)54(38-55(59)58-47-28-12-9-25-44(47)45-26-10-18-34-53(45)60(58)61)57-50-31-15-13-29-48(50)56(49-30-14-16-32-51(49)57)41-36-35-39-19-7-8-20-40(39)37-41/h1-38H. The van der Waals surface area contributed by atoms with Gasteiger partial charge in [-0.1, -0.05) is 218 Å². The van der Waals surface area contributed by atoms with E-state index in [0.717, 1.165) is 0 Å². The van der Waals surface area contributed by atoms with Gasteiger partial charge in [-0.15, -0.1) is 0 Å². The van der Waals surface area contributed by atoms with E-state index in [9.17, 15) is 0 Å². The van der Waals surface area contributed by atoms with Crippen molar-refractivity contribution < 1.29 is 0 Å². The van der Waals surface area contributed by atoms with Crippen molar-refractivity contribution in [3.05, 3.63) is 253 Å². The van der Waals surface area contributed by atoms with Gasteiger partial charge in [0.05, 0.1) is 5.41 Å². The zero-order valence-electron chi connectivity index (χ0n) is 33.4. The highest BCUT2D eigenvalue weighted by atomic mass is 14.5. The molecule has 0 bridgehead atoms. The van der Waals surface area contributed by atoms with Crippen molar-refractivity contribution in [1.29, 1.82) is 0 Å². The molecule has 0 fully saturated rings. The Kier molecular flexibility index (Phi) is 7.32. The van der Waals surface area contributed by atoms with Gasteiger partial charge in [0, 0.05) is 0 Å². The Labute approximate surface area is 354 Å². The quantitative estimate of drug-likeness (QED) is 0.123. The molecule has 0 nitrogen and oxygen atoms in total. The molecule has 61 heavy (non-hydrogen) atoms. The van der Waals surface area contributed by atoms with E-state index in [2.05, 4.69) is 231 Å². The van der Waals surface area contributed by atoms with Gasteiger partial charge in [0.25, 0.3) is 0 Å². The summed E-state index contributed by atoms with van der Waals surface area (Å²) in [7, 11) is 0. The van der Waals surface area contributed by atoms with Gasteiger partial charge in [-0.25, -0.2) is 0 Å². The largest absolute Gasteiger partial charge is 0.0725 e. The first-order chi connectivity index (χ1) is 30.3. The third-order valence-electron chi connectivity index (χ3n) is 13.6. The van der Waals surface area contributed by atoms with Crippen molar-refractivity contribution >= 4 is 64.6 Å². The molecule has 282 valence electrons. The van der Waals surface area contributed by atoms with Crippen LogP contribution in [-0.4, -0.2) is 0 Å². The van der Waals surface area contributed by atoms with E-state index in [0.29, 0.717) is 0 Å². The SMILES string of the molecule is c1ccc(C2(c3ccccc3)c3c(cc(-c4c5ccccc5c(-c5ccc6ccccc6c5)c5ccccc45)c4ccccc34)-c3c2c2ccccc2c2ccccc32)cc1. The van der Waals surface area contributed by atoms with Gasteiger partial charge in [-0.2, -0.15) is 0 Å². The average Bonchev–Trinajstić information content (AvgIpc) is 3.66. The van der Waals surface area contributed by atoms with Gasteiger partial charge >= 0.3 is 0 Å². The van der Waals surface area contributed by atoms with Gasteiger partial charge in [-0.05, 0) is 132 Å². The lowest BCUT2D eigenvalue weighted by Gasteiger charge is -2.36. The summed E-state index contributed by atoms with van der Waals surface area (Å²) in [5, 5.41) is 15.2. The molecule has 0 aliphatic heterocycles. The second-order valence-electron chi connectivity index (χ2n) is 16.6. The van der Waals surface area contributed by atoms with E-state index in [-0.39, 0.29) is 0 Å². The third-order valence-corrected chi connectivity index (χ3v) is 13.6. The first-order valence-electron chi connectivity index (χ1n) is 21.4. The number of hydrogen-bond acceptors (Lipinski definition) is 0. The first-order valence-corrected chi connectivity index (χ1v) is 21.4. The van der Waals surface area contributed by atoms with Crippen LogP contribution in [0.3, 0.4) is 0 Å². The van der Waals surface area contributed by atoms with Crippen molar-refractivity contribution in [3.63, 3.8) is 0 Å². The van der Waals surface area contributed by atoms with Crippen molar-refractivity contribution in [3.8, 4) is 33.4 Å². The second kappa shape index (κ2) is 13.1. The molecule has 1 aliphatic rings. The molecule has 0 N–H and O–H groups in total. The lowest BCUT2D eigenvalue weighted by Crippen LogP contribution is -2.29. The molecule has 13 rings (SSSR count). The Morgan fingerprint density at radius 3 is 1.21 bits per heavy atom. The maximum absolute atomic E-state index is 2.58. The summed E-state index contributed by atoms with van der Waals surface area (Å²) >= 11 is 0. The van der Waals surface area contributed by atoms with E-state index in [1.165, 1.54) is 120 Å². The number of fused-ring (bicyclic) bond motifs is 13. The normalized spacial score (nSPS) is 13.0. The predicted octanol–water partition coefficient (Wildman–Crippen LogP) is 16.3. The zero-order valence-corrected chi connectivity index (χ0v) is 33.4. The Bertz CT molecular complexity index is 3650. The molecule has 0 radical (unpaired) electrons. The van der Waals surface area contributed by atoms with Crippen LogP contribution in [0.4, 0.5) is 0 Å². The minimum Gasteiger partial charge on any atom is -0.0622 e. The van der Waals surface area contributed by atoms with E-state index in [1.807, 2.05) is 0 Å². The van der Waals surface area contributed by atoms with E-state index < -0.39 is 5.41 Å². The fourth-order valence-corrected chi connectivity index (χ4v) is 11.3. The molecule has 12 aromatic carbocycles. The van der Waals surface area contributed by atoms with Gasteiger partial charge in [0.2, 0.25) is 0 Å². The van der Waals surface area contributed by atoms with Crippen molar-refractivity contribution in [1.82, 2.24) is 0 Å². The van der Waals surface area contributed by atoms with Crippen LogP contribution in [0.1, 0.15) is 22.3 Å². The Hall–Kier alpha value is -7.80. The summed E-state index contributed by atoms with van der Waals surface area (Å²) < 4.78 is 0. The van der Waals surface area contributed by atoms with Crippen LogP contribution >= 0.6 is 0 Å². The molecular formula is C61H38. The third kappa shape index (κ3) is 4.71. The summed E-state index contributed by atoms with van der Waals surface area (Å²) in [6.45, 7) is 0. The fourth-order valence-electron chi connectivity index (χ4n) is 11.3. The van der Waals surface area contributed by atoms with E-state index >= 15 is 0 Å². The van der Waals surface area contributed by atoms with E-state index in [1.54, 1.807) is 0 Å². The highest BCUT2D eigenvalue weighted by molar-refractivity contribution is 6.26. The Morgan fingerprint density at radius 1 is 0.230 bits per heavy atom. The van der Waals surface area contributed by atoms with Crippen LogP contribution in [0.2, 0.25) is 0 Å². The fraction of sp³-hybridized carbons (Fsp3) is 0.0164. The average molecular weight is 771 g/mol. The summed E-state index contributed by atoms with van der Waals surface area (Å²) in [6, 6.07) is 86.4. The number of benzene rings is 12. The predicted molar refractivity (Wildman–Crippen MR) is 260 cm³/mol. The van der Waals surface area contributed by atoms with E-state index in [4.69, 9.17) is 0 Å². The van der Waals surface area contributed by atoms with Crippen LogP contribution in [0, 0.1) is 0 Å². The minimum absolute atomic E-state index is 0.598. The first kappa shape index (κ1) is 34.1. The topological polar surface area (TPSA) is 0 Å². The molecule has 1 aliphatic carbocycles. The number of hydrogen-bond donors (Lipinski definition) is 0. The molecule has 0 saturated carbocycles. The smallest absolute Gasteiger partial charge is 0.0622 e. The molecule has 0 aromatic heterocycles. The maximum Gasteiger partial charge on any atom is 0.0725 e. The monoisotopic (exact) mass is 770 g/mol. The molecule has 0 heteroatoms. The van der Waals surface area contributed by atoms with Crippen molar-refractivity contribution in [2.45, 2.75) is 5.41 Å². The summed E-state index contributed by atoms with van der Waals surface area (Å²) in [5.41, 5.74) is 12.3. The van der Waals surface area contributed by atoms with Crippen LogP contribution in [-0.2, 0) is 5.41 Å². The van der Waals surface area contributed by atoms with Crippen LogP contribution in [0.15, 0.2) is 231 Å². The molecule has 0 spiro atoms. The zero-order chi connectivity index (χ0) is 40.1. The molecule has 0 amide bonds. The van der Waals surface area contributed by atoms with Crippen LogP contribution < -0.4 is 0 Å². The summed E-state index contributed by atoms with van der Waals surface area (Å²) in [4.78, 5) is 0. The Balaban J connectivity index is 1.24. The van der Waals surface area contributed by atoms with Gasteiger partial charge in [0.1, 0.15) is 0 Å².